The maximum atomic E-state index is 12.5. The fourth-order valence-corrected chi connectivity index (χ4v) is 0.955. The summed E-state index contributed by atoms with van der Waals surface area (Å²) < 4.78 is 30.1. The van der Waals surface area contributed by atoms with Gasteiger partial charge < -0.3 is 10.1 Å². The predicted molar refractivity (Wildman–Crippen MR) is 42.9 cm³/mol. The van der Waals surface area contributed by atoms with Crippen molar-refractivity contribution in [1.82, 2.24) is 5.32 Å². The lowest BCUT2D eigenvalue weighted by Crippen LogP contribution is -2.48. The Balaban J connectivity index is 2.00. The van der Waals surface area contributed by atoms with Crippen molar-refractivity contribution in [2.45, 2.75) is 18.4 Å². The van der Waals surface area contributed by atoms with Crippen LogP contribution in [0.5, 0.6) is 0 Å². The Hall–Kier alpha value is 0.0700. The van der Waals surface area contributed by atoms with Gasteiger partial charge in [0.2, 0.25) is 0 Å². The molecule has 0 aromatic carbocycles. The predicted octanol–water partition coefficient (Wildman–Crippen LogP) is 1.24. The third kappa shape index (κ3) is 3.21. The van der Waals surface area contributed by atoms with Crippen LogP contribution in [0.3, 0.4) is 0 Å². The van der Waals surface area contributed by atoms with E-state index in [9.17, 15) is 8.78 Å². The van der Waals surface area contributed by atoms with Gasteiger partial charge in [0.25, 0.3) is 5.92 Å². The normalized spacial score (nSPS) is 19.2. The number of halogens is 3. The monoisotopic (exact) mass is 199 g/mol. The topological polar surface area (TPSA) is 21.3 Å². The largest absolute Gasteiger partial charge is 0.375 e. The average Bonchev–Trinajstić information content (AvgIpc) is 1.95. The molecule has 0 amide bonds. The second-order valence-corrected chi connectivity index (χ2v) is 3.16. The molecule has 12 heavy (non-hydrogen) atoms. The minimum absolute atomic E-state index is 0.0894. The van der Waals surface area contributed by atoms with Crippen molar-refractivity contribution < 1.29 is 13.5 Å². The van der Waals surface area contributed by atoms with Crippen LogP contribution in [-0.2, 0) is 4.74 Å². The molecule has 0 unspecified atom stereocenters. The fraction of sp³-hybridized carbons (Fsp3) is 1.00. The van der Waals surface area contributed by atoms with E-state index < -0.39 is 11.8 Å². The molecular formula is C7H12ClF2NO. The van der Waals surface area contributed by atoms with Crippen LogP contribution >= 0.6 is 11.6 Å². The van der Waals surface area contributed by atoms with Gasteiger partial charge in [0.1, 0.15) is 0 Å². The minimum atomic E-state index is -2.78. The molecule has 1 saturated heterocycles. The molecule has 0 aromatic rings. The Morgan fingerprint density at radius 2 is 2.17 bits per heavy atom. The van der Waals surface area contributed by atoms with Gasteiger partial charge in [-0.05, 0) is 0 Å². The third-order valence-electron chi connectivity index (χ3n) is 1.76. The first kappa shape index (κ1) is 10.2. The first-order valence-electron chi connectivity index (χ1n) is 3.90. The molecule has 0 saturated carbocycles. The Morgan fingerprint density at radius 3 is 2.58 bits per heavy atom. The highest BCUT2D eigenvalue weighted by Gasteiger charge is 2.28. The van der Waals surface area contributed by atoms with Crippen LogP contribution in [0.15, 0.2) is 0 Å². The molecular weight excluding hydrogens is 188 g/mol. The zero-order valence-electron chi connectivity index (χ0n) is 6.66. The molecule has 5 heteroatoms. The summed E-state index contributed by atoms with van der Waals surface area (Å²) in [5, 5.41) is 2.98. The summed E-state index contributed by atoms with van der Waals surface area (Å²) >= 11 is 5.04. The van der Waals surface area contributed by atoms with Crippen molar-refractivity contribution in [3.05, 3.63) is 0 Å². The van der Waals surface area contributed by atoms with E-state index in [0.717, 1.165) is 13.1 Å². The van der Waals surface area contributed by atoms with Gasteiger partial charge >= 0.3 is 0 Å². The van der Waals surface area contributed by atoms with Crippen molar-refractivity contribution in [2.24, 2.45) is 0 Å². The Bertz CT molecular complexity index is 141. The van der Waals surface area contributed by atoms with Crippen LogP contribution in [0.2, 0.25) is 0 Å². The van der Waals surface area contributed by atoms with E-state index in [1.165, 1.54) is 0 Å². The third-order valence-corrected chi connectivity index (χ3v) is 2.15. The van der Waals surface area contributed by atoms with E-state index in [-0.39, 0.29) is 19.1 Å². The molecule has 1 aliphatic rings. The molecule has 0 aromatic heterocycles. The van der Waals surface area contributed by atoms with Crippen molar-refractivity contribution in [2.75, 3.05) is 25.6 Å². The van der Waals surface area contributed by atoms with Crippen LogP contribution in [0.25, 0.3) is 0 Å². The highest BCUT2D eigenvalue weighted by atomic mass is 35.5. The second-order valence-electron chi connectivity index (χ2n) is 2.89. The summed E-state index contributed by atoms with van der Waals surface area (Å²) in [5.41, 5.74) is 0. The van der Waals surface area contributed by atoms with Gasteiger partial charge in [-0.25, -0.2) is 8.78 Å². The molecule has 2 nitrogen and oxygen atoms in total. The van der Waals surface area contributed by atoms with Crippen molar-refractivity contribution >= 4 is 11.6 Å². The van der Waals surface area contributed by atoms with E-state index in [1.54, 1.807) is 0 Å². The highest BCUT2D eigenvalue weighted by Crippen LogP contribution is 2.20. The maximum absolute atomic E-state index is 12.5. The Morgan fingerprint density at radius 1 is 1.50 bits per heavy atom. The number of hydrogen-bond acceptors (Lipinski definition) is 2. The van der Waals surface area contributed by atoms with Crippen molar-refractivity contribution in [1.29, 1.82) is 0 Å². The van der Waals surface area contributed by atoms with E-state index >= 15 is 0 Å². The number of rotatable bonds is 5. The van der Waals surface area contributed by atoms with Gasteiger partial charge in [-0.3, -0.25) is 0 Å². The first-order valence-corrected chi connectivity index (χ1v) is 4.43. The van der Waals surface area contributed by atoms with Gasteiger partial charge in [0.15, 0.2) is 0 Å². The maximum Gasteiger partial charge on any atom is 0.263 e. The zero-order chi connectivity index (χ0) is 9.03. The van der Waals surface area contributed by atoms with Crippen molar-refractivity contribution in [3.8, 4) is 0 Å². The van der Waals surface area contributed by atoms with Gasteiger partial charge in [0, 0.05) is 19.5 Å². The number of ether oxygens (including phenoxy) is 1. The van der Waals surface area contributed by atoms with Gasteiger partial charge in [-0.2, -0.15) is 0 Å². The molecule has 1 fully saturated rings. The molecule has 0 spiro atoms. The van der Waals surface area contributed by atoms with Crippen LogP contribution in [0.1, 0.15) is 6.42 Å². The van der Waals surface area contributed by atoms with Crippen LogP contribution in [-0.4, -0.2) is 37.6 Å². The molecule has 1 N–H and O–H groups in total. The quantitative estimate of drug-likeness (QED) is 0.673. The molecule has 1 rings (SSSR count). The second kappa shape index (κ2) is 4.35. The van der Waals surface area contributed by atoms with E-state index in [4.69, 9.17) is 16.3 Å². The smallest absolute Gasteiger partial charge is 0.263 e. The highest BCUT2D eigenvalue weighted by molar-refractivity contribution is 6.18. The molecule has 1 heterocycles. The minimum Gasteiger partial charge on any atom is -0.375 e. The van der Waals surface area contributed by atoms with Crippen LogP contribution < -0.4 is 5.32 Å². The average molecular weight is 200 g/mol. The number of nitrogens with one attached hydrogen (secondary N) is 1. The number of alkyl halides is 3. The Kier molecular flexibility index (Phi) is 3.68. The van der Waals surface area contributed by atoms with Gasteiger partial charge in [-0.1, -0.05) is 0 Å². The van der Waals surface area contributed by atoms with E-state index in [2.05, 4.69) is 5.32 Å². The molecule has 0 aliphatic carbocycles. The molecule has 72 valence electrons. The summed E-state index contributed by atoms with van der Waals surface area (Å²) in [6, 6.07) is 0. The summed E-state index contributed by atoms with van der Waals surface area (Å²) in [6.45, 7) is 1.63. The lowest BCUT2D eigenvalue weighted by atomic mass is 10.2. The van der Waals surface area contributed by atoms with Crippen molar-refractivity contribution in [3.63, 3.8) is 0 Å². The number of hydrogen-bond donors (Lipinski definition) is 1. The zero-order valence-corrected chi connectivity index (χ0v) is 7.41. The molecule has 0 bridgehead atoms. The fourth-order valence-electron chi connectivity index (χ4n) is 0.822. The summed E-state index contributed by atoms with van der Waals surface area (Å²) in [4.78, 5) is 0. The van der Waals surface area contributed by atoms with Crippen LogP contribution in [0.4, 0.5) is 8.78 Å². The molecule has 1 aliphatic heterocycles. The Labute approximate surface area is 75.2 Å². The lowest BCUT2D eigenvalue weighted by Gasteiger charge is -2.27. The summed E-state index contributed by atoms with van der Waals surface area (Å²) in [6.07, 6.45) is -0.163. The van der Waals surface area contributed by atoms with Crippen LogP contribution in [0, 0.1) is 0 Å². The SMILES string of the molecule is FC(F)(CCl)CCOC1CNC1. The van der Waals surface area contributed by atoms with E-state index in [1.807, 2.05) is 0 Å². The van der Waals surface area contributed by atoms with Gasteiger partial charge in [0.05, 0.1) is 18.6 Å². The first-order chi connectivity index (χ1) is 5.64. The standard InChI is InChI=1S/C7H12ClF2NO/c8-5-7(9,10)1-2-12-6-3-11-4-6/h6,11H,1-5H2. The lowest BCUT2D eigenvalue weighted by molar-refractivity contribution is -0.0426. The molecule has 0 atom stereocenters. The molecule has 0 radical (unpaired) electrons. The summed E-state index contributed by atoms with van der Waals surface area (Å²) in [7, 11) is 0. The summed E-state index contributed by atoms with van der Waals surface area (Å²) in [5.74, 6) is -3.40. The van der Waals surface area contributed by atoms with E-state index in [0.29, 0.717) is 0 Å². The van der Waals surface area contributed by atoms with Gasteiger partial charge in [-0.15, -0.1) is 11.6 Å².